The maximum absolute atomic E-state index is 12.3. The minimum Gasteiger partial charge on any atom is -0.467 e. The number of ether oxygens (including phenoxy) is 1. The molecule has 1 atom stereocenters. The van der Waals surface area contributed by atoms with E-state index in [4.69, 9.17) is 4.74 Å². The second-order valence-electron chi connectivity index (χ2n) is 4.55. The Morgan fingerprint density at radius 1 is 1.30 bits per heavy atom. The highest BCUT2D eigenvalue weighted by Crippen LogP contribution is 2.21. The Balaban J connectivity index is 0.000000956. The lowest BCUT2D eigenvalue weighted by atomic mass is 10.1. The van der Waals surface area contributed by atoms with Gasteiger partial charge in [-0.2, -0.15) is 0 Å². The quantitative estimate of drug-likeness (QED) is 0.781. The number of rotatable bonds is 2. The molecule has 0 spiro atoms. The number of hydrogen-bond donors (Lipinski definition) is 0. The molecule has 0 aromatic heterocycles. The van der Waals surface area contributed by atoms with Crippen molar-refractivity contribution in [1.82, 2.24) is 4.90 Å². The molecule has 1 fully saturated rings. The predicted molar refractivity (Wildman–Crippen MR) is 78.6 cm³/mol. The van der Waals surface area contributed by atoms with Gasteiger partial charge < -0.3 is 9.64 Å². The largest absolute Gasteiger partial charge is 0.467 e. The first-order chi connectivity index (χ1) is 9.63. The van der Waals surface area contributed by atoms with Gasteiger partial charge >= 0.3 is 5.97 Å². The zero-order valence-electron chi connectivity index (χ0n) is 12.7. The van der Waals surface area contributed by atoms with Crippen LogP contribution in [0.3, 0.4) is 0 Å². The molecule has 1 aromatic rings. The smallest absolute Gasteiger partial charge is 0.328 e. The number of nitrogens with zero attached hydrogens (tertiary/aromatic N) is 1. The topological polar surface area (TPSA) is 46.6 Å². The fourth-order valence-electron chi connectivity index (χ4n) is 2.33. The second kappa shape index (κ2) is 7.68. The van der Waals surface area contributed by atoms with Crippen LogP contribution in [0.1, 0.15) is 42.6 Å². The van der Waals surface area contributed by atoms with Gasteiger partial charge in [-0.1, -0.05) is 31.5 Å². The average molecular weight is 277 g/mol. The lowest BCUT2D eigenvalue weighted by Gasteiger charge is -2.22. The van der Waals surface area contributed by atoms with Crippen molar-refractivity contribution >= 4 is 11.9 Å². The number of benzene rings is 1. The van der Waals surface area contributed by atoms with Crippen molar-refractivity contribution in [1.29, 1.82) is 0 Å². The number of carbonyl (C=O) groups is 2. The number of amides is 1. The van der Waals surface area contributed by atoms with Gasteiger partial charge in [-0.05, 0) is 31.9 Å². The summed E-state index contributed by atoms with van der Waals surface area (Å²) in [5.74, 6) is -0.417. The van der Waals surface area contributed by atoms with E-state index in [1.54, 1.807) is 11.0 Å². The highest BCUT2D eigenvalue weighted by atomic mass is 16.5. The molecule has 1 saturated heterocycles. The average Bonchev–Trinajstić information content (AvgIpc) is 2.97. The van der Waals surface area contributed by atoms with E-state index < -0.39 is 6.04 Å². The Morgan fingerprint density at radius 3 is 2.60 bits per heavy atom. The summed E-state index contributed by atoms with van der Waals surface area (Å²) >= 11 is 0. The maximum atomic E-state index is 12.3. The Bertz CT molecular complexity index is 471. The SMILES string of the molecule is CC.COC(=O)C1CCCN1C(=O)c1cccc(C)c1. The zero-order valence-corrected chi connectivity index (χ0v) is 12.7. The van der Waals surface area contributed by atoms with Crippen LogP contribution in [0.5, 0.6) is 0 Å². The van der Waals surface area contributed by atoms with Crippen LogP contribution in [0.25, 0.3) is 0 Å². The molecule has 1 amide bonds. The summed E-state index contributed by atoms with van der Waals surface area (Å²) in [6, 6.07) is 6.99. The van der Waals surface area contributed by atoms with Crippen molar-refractivity contribution in [2.45, 2.75) is 39.7 Å². The summed E-state index contributed by atoms with van der Waals surface area (Å²) in [4.78, 5) is 25.6. The minimum atomic E-state index is -0.428. The van der Waals surface area contributed by atoms with E-state index in [2.05, 4.69) is 0 Å². The Hall–Kier alpha value is -1.84. The van der Waals surface area contributed by atoms with Crippen LogP contribution < -0.4 is 0 Å². The molecule has 1 unspecified atom stereocenters. The molecule has 4 heteroatoms. The molecule has 4 nitrogen and oxygen atoms in total. The van der Waals surface area contributed by atoms with Crippen molar-refractivity contribution in [2.75, 3.05) is 13.7 Å². The van der Waals surface area contributed by atoms with Crippen LogP contribution in [0.2, 0.25) is 0 Å². The van der Waals surface area contributed by atoms with Crippen molar-refractivity contribution < 1.29 is 14.3 Å². The molecule has 2 rings (SSSR count). The highest BCUT2D eigenvalue weighted by Gasteiger charge is 2.35. The molecule has 20 heavy (non-hydrogen) atoms. The summed E-state index contributed by atoms with van der Waals surface area (Å²) < 4.78 is 4.74. The number of methoxy groups -OCH3 is 1. The fraction of sp³-hybridized carbons (Fsp3) is 0.500. The highest BCUT2D eigenvalue weighted by molar-refractivity contribution is 5.97. The predicted octanol–water partition coefficient (Wildman–Crippen LogP) is 2.80. The molecule has 1 aliphatic rings. The summed E-state index contributed by atoms with van der Waals surface area (Å²) in [6.45, 7) is 6.56. The van der Waals surface area contributed by atoms with Gasteiger partial charge in [0.15, 0.2) is 0 Å². The van der Waals surface area contributed by atoms with Crippen molar-refractivity contribution in [3.63, 3.8) is 0 Å². The normalized spacial score (nSPS) is 17.2. The number of carbonyl (C=O) groups excluding carboxylic acids is 2. The molecular formula is C16H23NO3. The second-order valence-corrected chi connectivity index (χ2v) is 4.55. The summed E-state index contributed by atoms with van der Waals surface area (Å²) in [5.41, 5.74) is 1.67. The van der Waals surface area contributed by atoms with E-state index in [1.807, 2.05) is 39.0 Å². The van der Waals surface area contributed by atoms with Gasteiger partial charge in [0.25, 0.3) is 5.91 Å². The first-order valence-electron chi connectivity index (χ1n) is 7.09. The molecule has 0 bridgehead atoms. The monoisotopic (exact) mass is 277 g/mol. The number of esters is 1. The van der Waals surface area contributed by atoms with E-state index in [9.17, 15) is 9.59 Å². The van der Waals surface area contributed by atoms with E-state index in [0.29, 0.717) is 18.5 Å². The Morgan fingerprint density at radius 2 is 2.00 bits per heavy atom. The van der Waals surface area contributed by atoms with Gasteiger partial charge in [-0.3, -0.25) is 4.79 Å². The lowest BCUT2D eigenvalue weighted by molar-refractivity contribution is -0.145. The van der Waals surface area contributed by atoms with E-state index in [1.165, 1.54) is 7.11 Å². The van der Waals surface area contributed by atoms with E-state index >= 15 is 0 Å². The van der Waals surface area contributed by atoms with Gasteiger partial charge in [-0.25, -0.2) is 4.79 Å². The Labute approximate surface area is 120 Å². The fourth-order valence-corrected chi connectivity index (χ4v) is 2.33. The van der Waals surface area contributed by atoms with Crippen LogP contribution in [-0.2, 0) is 9.53 Å². The molecule has 0 radical (unpaired) electrons. The van der Waals surface area contributed by atoms with Crippen LogP contribution >= 0.6 is 0 Å². The summed E-state index contributed by atoms with van der Waals surface area (Å²) in [5, 5.41) is 0. The van der Waals surface area contributed by atoms with Crippen molar-refractivity contribution in [3.05, 3.63) is 35.4 Å². The van der Waals surface area contributed by atoms with Gasteiger partial charge in [-0.15, -0.1) is 0 Å². The van der Waals surface area contributed by atoms with Crippen LogP contribution in [0.4, 0.5) is 0 Å². The summed E-state index contributed by atoms with van der Waals surface area (Å²) in [7, 11) is 1.36. The van der Waals surface area contributed by atoms with Crippen LogP contribution in [-0.4, -0.2) is 36.5 Å². The third-order valence-electron chi connectivity index (χ3n) is 3.25. The van der Waals surface area contributed by atoms with Crippen LogP contribution in [0.15, 0.2) is 24.3 Å². The maximum Gasteiger partial charge on any atom is 0.328 e. The molecule has 0 N–H and O–H groups in total. The molecule has 1 heterocycles. The van der Waals surface area contributed by atoms with Gasteiger partial charge in [0.2, 0.25) is 0 Å². The van der Waals surface area contributed by atoms with Crippen LogP contribution in [0, 0.1) is 6.92 Å². The number of aryl methyl sites for hydroxylation is 1. The Kier molecular flexibility index (Phi) is 6.22. The van der Waals surface area contributed by atoms with Crippen molar-refractivity contribution in [3.8, 4) is 0 Å². The van der Waals surface area contributed by atoms with E-state index in [0.717, 1.165) is 12.0 Å². The third kappa shape index (κ3) is 3.59. The first-order valence-corrected chi connectivity index (χ1v) is 7.09. The van der Waals surface area contributed by atoms with Gasteiger partial charge in [0, 0.05) is 12.1 Å². The number of likely N-dealkylation sites (tertiary alicyclic amines) is 1. The molecule has 0 saturated carbocycles. The number of hydrogen-bond acceptors (Lipinski definition) is 3. The van der Waals surface area contributed by atoms with Gasteiger partial charge in [0.1, 0.15) is 6.04 Å². The minimum absolute atomic E-state index is 0.0911. The van der Waals surface area contributed by atoms with E-state index in [-0.39, 0.29) is 11.9 Å². The molecular weight excluding hydrogens is 254 g/mol. The molecule has 0 aliphatic carbocycles. The third-order valence-corrected chi connectivity index (χ3v) is 3.25. The van der Waals surface area contributed by atoms with Crippen molar-refractivity contribution in [2.24, 2.45) is 0 Å². The first kappa shape index (κ1) is 16.2. The summed E-state index contributed by atoms with van der Waals surface area (Å²) in [6.07, 6.45) is 1.53. The molecule has 1 aliphatic heterocycles. The standard InChI is InChI=1S/C14H17NO3.C2H6/c1-10-5-3-6-11(9-10)13(16)15-8-4-7-12(15)14(17)18-2;1-2/h3,5-6,9,12H,4,7-8H2,1-2H3;1-2H3. The zero-order chi connectivity index (χ0) is 15.1. The lowest BCUT2D eigenvalue weighted by Crippen LogP contribution is -2.41. The van der Waals surface area contributed by atoms with Gasteiger partial charge in [0.05, 0.1) is 7.11 Å². The molecule has 110 valence electrons. The molecule has 1 aromatic carbocycles.